The van der Waals surface area contributed by atoms with Crippen molar-refractivity contribution in [1.82, 2.24) is 5.32 Å². The van der Waals surface area contributed by atoms with Crippen LogP contribution in [0.1, 0.15) is 12.0 Å². The Kier molecular flexibility index (Phi) is 6.54. The Morgan fingerprint density at radius 1 is 1.14 bits per heavy atom. The minimum Gasteiger partial charge on any atom is -0.496 e. The van der Waals surface area contributed by atoms with Crippen LogP contribution in [-0.4, -0.2) is 36.8 Å². The van der Waals surface area contributed by atoms with Gasteiger partial charge in [0.15, 0.2) is 6.61 Å². The molecule has 2 aromatic carbocycles. The molecule has 0 radical (unpaired) electrons. The molecule has 1 atom stereocenters. The summed E-state index contributed by atoms with van der Waals surface area (Å²) in [7, 11) is 1.56. The molecular formula is C20H20N2O5S. The van der Waals surface area contributed by atoms with Crippen molar-refractivity contribution in [2.24, 2.45) is 0 Å². The first-order valence-electron chi connectivity index (χ1n) is 8.67. The number of para-hydroxylation sites is 2. The monoisotopic (exact) mass is 400 g/mol. The Labute approximate surface area is 166 Å². The average molecular weight is 400 g/mol. The maximum absolute atomic E-state index is 12.1. The predicted octanol–water partition coefficient (Wildman–Crippen LogP) is 2.36. The van der Waals surface area contributed by atoms with Crippen molar-refractivity contribution < 1.29 is 23.9 Å². The highest BCUT2D eigenvalue weighted by Gasteiger charge is 2.29. The molecule has 0 bridgehead atoms. The Morgan fingerprint density at radius 2 is 1.89 bits per heavy atom. The summed E-state index contributed by atoms with van der Waals surface area (Å²) in [5.41, 5.74) is 1.55. The fourth-order valence-electron chi connectivity index (χ4n) is 2.68. The van der Waals surface area contributed by atoms with E-state index >= 15 is 0 Å². The van der Waals surface area contributed by atoms with Gasteiger partial charge in [-0.2, -0.15) is 0 Å². The van der Waals surface area contributed by atoms with E-state index in [1.54, 1.807) is 19.2 Å². The molecule has 1 aliphatic heterocycles. The van der Waals surface area contributed by atoms with E-state index < -0.39 is 23.7 Å². The third-order valence-corrected chi connectivity index (χ3v) is 5.37. The van der Waals surface area contributed by atoms with E-state index in [9.17, 15) is 14.4 Å². The third kappa shape index (κ3) is 5.04. The van der Waals surface area contributed by atoms with Crippen molar-refractivity contribution in [3.63, 3.8) is 0 Å². The lowest BCUT2D eigenvalue weighted by atomic mass is 10.2. The smallest absolute Gasteiger partial charge is 0.307 e. The lowest BCUT2D eigenvalue weighted by Gasteiger charge is -2.23. The number of anilines is 1. The minimum atomic E-state index is -0.598. The lowest BCUT2D eigenvalue weighted by Crippen LogP contribution is -2.33. The van der Waals surface area contributed by atoms with Crippen LogP contribution >= 0.6 is 11.8 Å². The van der Waals surface area contributed by atoms with E-state index in [1.165, 1.54) is 11.8 Å². The zero-order chi connectivity index (χ0) is 19.9. The molecule has 3 rings (SSSR count). The van der Waals surface area contributed by atoms with E-state index in [0.29, 0.717) is 5.75 Å². The van der Waals surface area contributed by atoms with Gasteiger partial charge in [0.2, 0.25) is 5.91 Å². The maximum Gasteiger partial charge on any atom is 0.307 e. The number of methoxy groups -OCH3 is 1. The minimum absolute atomic E-state index is 0.107. The number of benzene rings is 2. The number of carbonyl (C=O) groups excluding carboxylic acids is 3. The second-order valence-corrected chi connectivity index (χ2v) is 7.29. The molecule has 2 N–H and O–H groups in total. The quantitative estimate of drug-likeness (QED) is 0.693. The van der Waals surface area contributed by atoms with Gasteiger partial charge in [-0.1, -0.05) is 30.3 Å². The highest BCUT2D eigenvalue weighted by atomic mass is 32.2. The summed E-state index contributed by atoms with van der Waals surface area (Å²) in [5.74, 6) is -0.605. The van der Waals surface area contributed by atoms with Gasteiger partial charge in [0, 0.05) is 17.0 Å². The molecular weight excluding hydrogens is 380 g/mol. The van der Waals surface area contributed by atoms with Gasteiger partial charge in [0.05, 0.1) is 24.5 Å². The van der Waals surface area contributed by atoms with Crippen molar-refractivity contribution in [1.29, 1.82) is 0 Å². The summed E-state index contributed by atoms with van der Waals surface area (Å²) in [6.07, 6.45) is -0.107. The van der Waals surface area contributed by atoms with E-state index in [4.69, 9.17) is 9.47 Å². The molecule has 28 heavy (non-hydrogen) atoms. The Morgan fingerprint density at radius 3 is 2.71 bits per heavy atom. The summed E-state index contributed by atoms with van der Waals surface area (Å²) in [5, 5.41) is 4.86. The summed E-state index contributed by atoms with van der Waals surface area (Å²) in [6.45, 7) is -0.137. The molecule has 0 saturated heterocycles. The fraction of sp³-hybridized carbons (Fsp3) is 0.250. The molecule has 0 aromatic heterocycles. The van der Waals surface area contributed by atoms with Crippen molar-refractivity contribution in [2.75, 3.05) is 19.0 Å². The molecule has 0 aliphatic carbocycles. The Hall–Kier alpha value is -3.00. The number of ether oxygens (including phenoxy) is 2. The van der Waals surface area contributed by atoms with Crippen LogP contribution in [0.25, 0.3) is 0 Å². The summed E-state index contributed by atoms with van der Waals surface area (Å²) in [6, 6.07) is 14.7. The average Bonchev–Trinajstić information content (AvgIpc) is 2.71. The van der Waals surface area contributed by atoms with E-state index in [2.05, 4.69) is 10.6 Å². The van der Waals surface area contributed by atoms with Gasteiger partial charge in [-0.15, -0.1) is 11.8 Å². The number of rotatable bonds is 7. The number of amides is 2. The largest absolute Gasteiger partial charge is 0.496 e. The normalized spacial score (nSPS) is 15.2. The molecule has 0 saturated carbocycles. The van der Waals surface area contributed by atoms with Crippen molar-refractivity contribution >= 4 is 35.2 Å². The second kappa shape index (κ2) is 9.27. The third-order valence-electron chi connectivity index (χ3n) is 4.09. The highest BCUT2D eigenvalue weighted by Crippen LogP contribution is 2.36. The van der Waals surface area contributed by atoms with E-state index in [0.717, 1.165) is 16.1 Å². The standard InChI is InChI=1S/C20H20N2O5S/c1-26-15-8-4-2-6-13(15)11-21-18(23)12-27-19(24)10-17-20(25)22-14-7-3-5-9-16(14)28-17/h2-9,17H,10-12H2,1H3,(H,21,23)(H,22,25)/t17-/m0/s1. The first-order valence-corrected chi connectivity index (χ1v) is 9.55. The SMILES string of the molecule is COc1ccccc1CNC(=O)COC(=O)C[C@@H]1Sc2ccccc2NC1=O. The molecule has 146 valence electrons. The molecule has 2 amide bonds. The molecule has 2 aromatic rings. The van der Waals surface area contributed by atoms with Crippen LogP contribution in [0.4, 0.5) is 5.69 Å². The Bertz CT molecular complexity index is 886. The molecule has 0 unspecified atom stereocenters. The molecule has 1 heterocycles. The van der Waals surface area contributed by atoms with Gasteiger partial charge in [0.25, 0.3) is 5.91 Å². The number of thioether (sulfide) groups is 1. The van der Waals surface area contributed by atoms with E-state index in [1.807, 2.05) is 36.4 Å². The molecule has 8 heteroatoms. The van der Waals surface area contributed by atoms with E-state index in [-0.39, 0.29) is 18.9 Å². The number of fused-ring (bicyclic) bond motifs is 1. The van der Waals surface area contributed by atoms with Crippen LogP contribution in [0.2, 0.25) is 0 Å². The second-order valence-electron chi connectivity index (χ2n) is 6.05. The van der Waals surface area contributed by atoms with Crippen LogP contribution in [0.15, 0.2) is 53.4 Å². The summed E-state index contributed by atoms with van der Waals surface area (Å²) < 4.78 is 10.2. The number of hydrogen-bond acceptors (Lipinski definition) is 6. The number of esters is 1. The topological polar surface area (TPSA) is 93.7 Å². The first kappa shape index (κ1) is 19.8. The summed E-state index contributed by atoms with van der Waals surface area (Å²) >= 11 is 1.31. The van der Waals surface area contributed by atoms with Crippen LogP contribution < -0.4 is 15.4 Å². The van der Waals surface area contributed by atoms with Crippen LogP contribution in [0.3, 0.4) is 0 Å². The van der Waals surface area contributed by atoms with Crippen LogP contribution in [0.5, 0.6) is 5.75 Å². The first-order chi connectivity index (χ1) is 13.6. The van der Waals surface area contributed by atoms with Crippen LogP contribution in [-0.2, 0) is 25.7 Å². The zero-order valence-electron chi connectivity index (χ0n) is 15.3. The highest BCUT2D eigenvalue weighted by molar-refractivity contribution is 8.01. The molecule has 0 fully saturated rings. The lowest BCUT2D eigenvalue weighted by molar-refractivity contribution is -0.149. The maximum atomic E-state index is 12.1. The predicted molar refractivity (Wildman–Crippen MR) is 105 cm³/mol. The summed E-state index contributed by atoms with van der Waals surface area (Å²) in [4.78, 5) is 37.0. The Balaban J connectivity index is 1.44. The van der Waals surface area contributed by atoms with Crippen molar-refractivity contribution in [3.05, 3.63) is 54.1 Å². The number of carbonyl (C=O) groups is 3. The molecule has 0 spiro atoms. The van der Waals surface area contributed by atoms with Gasteiger partial charge < -0.3 is 20.1 Å². The van der Waals surface area contributed by atoms with Crippen LogP contribution in [0, 0.1) is 0 Å². The number of hydrogen-bond donors (Lipinski definition) is 2. The molecule has 7 nitrogen and oxygen atoms in total. The van der Waals surface area contributed by atoms with Gasteiger partial charge in [-0.3, -0.25) is 14.4 Å². The zero-order valence-corrected chi connectivity index (χ0v) is 16.1. The van der Waals surface area contributed by atoms with Gasteiger partial charge in [-0.05, 0) is 18.2 Å². The fourth-order valence-corrected chi connectivity index (χ4v) is 3.77. The van der Waals surface area contributed by atoms with Crippen molar-refractivity contribution in [3.8, 4) is 5.75 Å². The van der Waals surface area contributed by atoms with Gasteiger partial charge in [-0.25, -0.2) is 0 Å². The van der Waals surface area contributed by atoms with Gasteiger partial charge >= 0.3 is 5.97 Å². The van der Waals surface area contributed by atoms with Crippen molar-refractivity contribution in [2.45, 2.75) is 23.1 Å². The molecule has 1 aliphatic rings. The van der Waals surface area contributed by atoms with Gasteiger partial charge in [0.1, 0.15) is 5.75 Å². The number of nitrogens with one attached hydrogen (secondary N) is 2.